The molecule has 1 aromatic heterocycles. The van der Waals surface area contributed by atoms with E-state index >= 15 is 0 Å². The van der Waals surface area contributed by atoms with E-state index in [1.54, 1.807) is 0 Å². The first kappa shape index (κ1) is 16.0. The maximum atomic E-state index is 12.6. The number of Topliss-reactive ketones (excluding diaryl/α,β-unsaturated/α-hetero) is 1. The van der Waals surface area contributed by atoms with Crippen molar-refractivity contribution in [1.29, 1.82) is 0 Å². The van der Waals surface area contributed by atoms with E-state index in [0.717, 1.165) is 25.9 Å². The lowest BCUT2D eigenvalue weighted by Crippen LogP contribution is -2.05. The van der Waals surface area contributed by atoms with Crippen molar-refractivity contribution in [1.82, 2.24) is 4.57 Å². The van der Waals surface area contributed by atoms with Gasteiger partial charge in [0.1, 0.15) is 0 Å². The highest BCUT2D eigenvalue weighted by Crippen LogP contribution is 2.18. The number of carbonyl (C=O) groups excluding carboxylic acids is 1. The van der Waals surface area contributed by atoms with Crippen LogP contribution in [0, 0.1) is 17.4 Å². The maximum Gasteiger partial charge on any atom is 0.167 e. The zero-order chi connectivity index (χ0) is 16.4. The van der Waals surface area contributed by atoms with Gasteiger partial charge in [-0.25, -0.2) is 0 Å². The first-order valence-corrected chi connectivity index (χ1v) is 8.64. The molecule has 3 heteroatoms. The van der Waals surface area contributed by atoms with Crippen LogP contribution >= 0.6 is 22.6 Å². The number of ketones is 1. The summed E-state index contributed by atoms with van der Waals surface area (Å²) in [5.74, 6) is 0.159. The van der Waals surface area contributed by atoms with Crippen LogP contribution in [0.4, 0.5) is 0 Å². The van der Waals surface area contributed by atoms with Gasteiger partial charge in [-0.2, -0.15) is 0 Å². The van der Waals surface area contributed by atoms with Gasteiger partial charge in [0.25, 0.3) is 0 Å². The van der Waals surface area contributed by atoms with Gasteiger partial charge in [-0.1, -0.05) is 18.2 Å². The van der Waals surface area contributed by atoms with Gasteiger partial charge in [0.15, 0.2) is 5.78 Å². The molecule has 23 heavy (non-hydrogen) atoms. The van der Waals surface area contributed by atoms with E-state index in [1.165, 1.54) is 5.56 Å². The van der Waals surface area contributed by atoms with E-state index in [0.29, 0.717) is 6.42 Å². The van der Waals surface area contributed by atoms with Crippen LogP contribution in [0.1, 0.15) is 27.0 Å². The van der Waals surface area contributed by atoms with Crippen molar-refractivity contribution in [2.45, 2.75) is 20.3 Å². The molecule has 0 radical (unpaired) electrons. The Morgan fingerprint density at radius 1 is 1.04 bits per heavy atom. The Hall–Kier alpha value is -1.88. The third-order valence-electron chi connectivity index (χ3n) is 3.88. The summed E-state index contributed by atoms with van der Waals surface area (Å²) in [7, 11) is 0. The van der Waals surface area contributed by atoms with Gasteiger partial charge in [0.05, 0.1) is 0 Å². The molecule has 3 rings (SSSR count). The fraction of sp³-hybridized carbons (Fsp3) is 0.150. The third kappa shape index (κ3) is 3.72. The molecule has 1 heterocycles. The van der Waals surface area contributed by atoms with Crippen molar-refractivity contribution >= 4 is 28.4 Å². The number of hydrogen-bond acceptors (Lipinski definition) is 1. The Bertz CT molecular complexity index is 850. The quantitative estimate of drug-likeness (QED) is 0.428. The summed E-state index contributed by atoms with van der Waals surface area (Å²) in [6.07, 6.45) is 4.46. The van der Waals surface area contributed by atoms with Crippen molar-refractivity contribution in [3.8, 4) is 5.69 Å². The van der Waals surface area contributed by atoms with Gasteiger partial charge in [0.2, 0.25) is 0 Å². The lowest BCUT2D eigenvalue weighted by atomic mass is 10.00. The Balaban J connectivity index is 1.87. The normalized spacial score (nSPS) is 10.7. The van der Waals surface area contributed by atoms with Crippen LogP contribution in [-0.4, -0.2) is 10.4 Å². The zero-order valence-corrected chi connectivity index (χ0v) is 15.4. The SMILES string of the molecule is Cc1cc(CC(=O)c2ccc(C)c(I)c2)cc(-n2cccc2)c1. The summed E-state index contributed by atoms with van der Waals surface area (Å²) in [6.45, 7) is 4.12. The summed E-state index contributed by atoms with van der Waals surface area (Å²) in [5, 5.41) is 0. The molecule has 0 N–H and O–H groups in total. The second-order valence-electron chi connectivity index (χ2n) is 5.83. The fourth-order valence-electron chi connectivity index (χ4n) is 2.65. The minimum absolute atomic E-state index is 0.159. The first-order valence-electron chi connectivity index (χ1n) is 7.56. The van der Waals surface area contributed by atoms with Crippen molar-refractivity contribution in [2.24, 2.45) is 0 Å². The molecular formula is C20H18INO. The Morgan fingerprint density at radius 3 is 2.48 bits per heavy atom. The highest BCUT2D eigenvalue weighted by molar-refractivity contribution is 14.1. The molecule has 2 aromatic carbocycles. The molecular weight excluding hydrogens is 397 g/mol. The van der Waals surface area contributed by atoms with Crippen molar-refractivity contribution in [3.63, 3.8) is 0 Å². The largest absolute Gasteiger partial charge is 0.324 e. The number of hydrogen-bond donors (Lipinski definition) is 0. The van der Waals surface area contributed by atoms with E-state index in [9.17, 15) is 4.79 Å². The Kier molecular flexibility index (Phi) is 4.66. The lowest BCUT2D eigenvalue weighted by molar-refractivity contribution is 0.0993. The molecule has 0 aliphatic rings. The van der Waals surface area contributed by atoms with Gasteiger partial charge in [-0.05, 0) is 83.5 Å². The number of halogens is 1. The number of nitrogens with zero attached hydrogens (tertiary/aromatic N) is 1. The molecule has 0 saturated heterocycles. The van der Waals surface area contributed by atoms with Crippen LogP contribution in [-0.2, 0) is 6.42 Å². The molecule has 0 unspecified atom stereocenters. The molecule has 0 spiro atoms. The second-order valence-corrected chi connectivity index (χ2v) is 6.99. The van der Waals surface area contributed by atoms with Gasteiger partial charge >= 0.3 is 0 Å². The summed E-state index contributed by atoms with van der Waals surface area (Å²) in [4.78, 5) is 12.6. The van der Waals surface area contributed by atoms with E-state index in [2.05, 4.69) is 59.2 Å². The summed E-state index contributed by atoms with van der Waals surface area (Å²) >= 11 is 2.28. The molecule has 116 valence electrons. The lowest BCUT2D eigenvalue weighted by Gasteiger charge is -2.09. The maximum absolute atomic E-state index is 12.6. The average Bonchev–Trinajstić information content (AvgIpc) is 3.03. The minimum atomic E-state index is 0.159. The molecule has 0 atom stereocenters. The topological polar surface area (TPSA) is 22.0 Å². The second kappa shape index (κ2) is 6.71. The zero-order valence-electron chi connectivity index (χ0n) is 13.2. The summed E-state index contributed by atoms with van der Waals surface area (Å²) < 4.78 is 3.20. The summed E-state index contributed by atoms with van der Waals surface area (Å²) in [5.41, 5.74) is 5.29. The van der Waals surface area contributed by atoms with Gasteiger partial charge in [-0.3, -0.25) is 4.79 Å². The number of carbonyl (C=O) groups is 1. The van der Waals surface area contributed by atoms with Crippen molar-refractivity contribution in [3.05, 3.63) is 86.7 Å². The number of rotatable bonds is 4. The molecule has 3 aromatic rings. The predicted molar refractivity (Wildman–Crippen MR) is 102 cm³/mol. The van der Waals surface area contributed by atoms with E-state index in [-0.39, 0.29) is 5.78 Å². The Morgan fingerprint density at radius 2 is 1.78 bits per heavy atom. The predicted octanol–water partition coefficient (Wildman–Crippen LogP) is 5.12. The smallest absolute Gasteiger partial charge is 0.167 e. The molecule has 0 bridgehead atoms. The minimum Gasteiger partial charge on any atom is -0.324 e. The summed E-state index contributed by atoms with van der Waals surface area (Å²) in [6, 6.07) is 16.2. The van der Waals surface area contributed by atoms with Crippen LogP contribution in [0.25, 0.3) is 5.69 Å². The van der Waals surface area contributed by atoms with E-state index in [1.807, 2.05) is 42.7 Å². The standard InChI is InChI=1S/C20H18INO/c1-14-9-16(11-18(10-14)22-7-3-4-8-22)12-20(23)17-6-5-15(2)19(21)13-17/h3-11,13H,12H2,1-2H3. The highest BCUT2D eigenvalue weighted by Gasteiger charge is 2.10. The van der Waals surface area contributed by atoms with E-state index < -0.39 is 0 Å². The first-order chi connectivity index (χ1) is 11.0. The van der Waals surface area contributed by atoms with Crippen molar-refractivity contribution < 1.29 is 4.79 Å². The van der Waals surface area contributed by atoms with Crippen LogP contribution in [0.5, 0.6) is 0 Å². The average molecular weight is 415 g/mol. The van der Waals surface area contributed by atoms with Gasteiger partial charge in [0, 0.05) is 33.6 Å². The van der Waals surface area contributed by atoms with Crippen LogP contribution in [0.3, 0.4) is 0 Å². The highest BCUT2D eigenvalue weighted by atomic mass is 127. The van der Waals surface area contributed by atoms with Crippen LogP contribution < -0.4 is 0 Å². The molecule has 0 saturated carbocycles. The molecule has 0 aliphatic heterocycles. The van der Waals surface area contributed by atoms with Crippen molar-refractivity contribution in [2.75, 3.05) is 0 Å². The Labute approximate surface area is 150 Å². The fourth-order valence-corrected chi connectivity index (χ4v) is 3.17. The molecule has 2 nitrogen and oxygen atoms in total. The monoisotopic (exact) mass is 415 g/mol. The molecule has 0 amide bonds. The third-order valence-corrected chi connectivity index (χ3v) is 5.05. The van der Waals surface area contributed by atoms with Crippen LogP contribution in [0.2, 0.25) is 0 Å². The van der Waals surface area contributed by atoms with Gasteiger partial charge < -0.3 is 4.57 Å². The molecule has 0 fully saturated rings. The van der Waals surface area contributed by atoms with Crippen LogP contribution in [0.15, 0.2) is 60.9 Å². The van der Waals surface area contributed by atoms with E-state index in [4.69, 9.17) is 0 Å². The number of aromatic nitrogens is 1. The molecule has 0 aliphatic carbocycles. The number of benzene rings is 2. The van der Waals surface area contributed by atoms with Gasteiger partial charge in [-0.15, -0.1) is 0 Å². The number of aryl methyl sites for hydroxylation is 2.